The van der Waals surface area contributed by atoms with Crippen LogP contribution < -0.4 is 5.32 Å². The van der Waals surface area contributed by atoms with Crippen LogP contribution >= 0.6 is 0 Å². The van der Waals surface area contributed by atoms with Gasteiger partial charge in [0.15, 0.2) is 0 Å². The van der Waals surface area contributed by atoms with Gasteiger partial charge in [0.1, 0.15) is 0 Å². The zero-order valence-corrected chi connectivity index (χ0v) is 10.8. The first-order chi connectivity index (χ1) is 8.36. The van der Waals surface area contributed by atoms with Crippen molar-refractivity contribution in [1.82, 2.24) is 15.5 Å². The average molecular weight is 233 g/mol. The lowest BCUT2D eigenvalue weighted by Gasteiger charge is -2.22. The molecular formula is C14H23N3. The maximum absolute atomic E-state index is 4.63. The van der Waals surface area contributed by atoms with Gasteiger partial charge in [-0.2, -0.15) is 5.10 Å². The molecule has 2 fully saturated rings. The molecule has 1 aromatic heterocycles. The monoisotopic (exact) mass is 233 g/mol. The van der Waals surface area contributed by atoms with E-state index in [-0.39, 0.29) is 0 Å². The largest absolute Gasteiger partial charge is 0.317 e. The van der Waals surface area contributed by atoms with E-state index < -0.39 is 0 Å². The highest BCUT2D eigenvalue weighted by Gasteiger charge is 2.26. The number of rotatable bonds is 2. The average Bonchev–Trinajstić information content (AvgIpc) is 2.99. The Hall–Kier alpha value is -0.830. The van der Waals surface area contributed by atoms with Crippen molar-refractivity contribution in [3.8, 4) is 0 Å². The standard InChI is InChI=1S/C14H23N3/c1-10-13(11-4-2-3-5-11)16-17-14(10)12-6-8-15-9-7-12/h11-12,15H,2-9H2,1H3,(H,16,17). The first-order valence-corrected chi connectivity index (χ1v) is 7.11. The Bertz CT molecular complexity index is 371. The predicted octanol–water partition coefficient (Wildman–Crippen LogP) is 2.84. The number of aromatic amines is 1. The van der Waals surface area contributed by atoms with E-state index in [0.717, 1.165) is 19.0 Å². The first-order valence-electron chi connectivity index (χ1n) is 7.11. The van der Waals surface area contributed by atoms with Gasteiger partial charge in [0.25, 0.3) is 0 Å². The molecule has 0 spiro atoms. The molecule has 0 aromatic carbocycles. The highest BCUT2D eigenvalue weighted by molar-refractivity contribution is 5.30. The van der Waals surface area contributed by atoms with Gasteiger partial charge in [0, 0.05) is 17.5 Å². The van der Waals surface area contributed by atoms with Crippen LogP contribution in [0.15, 0.2) is 0 Å². The molecular weight excluding hydrogens is 210 g/mol. The predicted molar refractivity (Wildman–Crippen MR) is 69.4 cm³/mol. The number of nitrogens with one attached hydrogen (secondary N) is 2. The van der Waals surface area contributed by atoms with Gasteiger partial charge in [-0.05, 0) is 51.3 Å². The van der Waals surface area contributed by atoms with Crippen LogP contribution in [0, 0.1) is 6.92 Å². The van der Waals surface area contributed by atoms with Gasteiger partial charge in [-0.3, -0.25) is 5.10 Å². The summed E-state index contributed by atoms with van der Waals surface area (Å²) in [6, 6.07) is 0. The van der Waals surface area contributed by atoms with Gasteiger partial charge in [-0.25, -0.2) is 0 Å². The van der Waals surface area contributed by atoms with Gasteiger partial charge in [-0.15, -0.1) is 0 Å². The van der Waals surface area contributed by atoms with E-state index in [0.29, 0.717) is 5.92 Å². The first kappa shape index (κ1) is 11.3. The van der Waals surface area contributed by atoms with Crippen molar-refractivity contribution in [1.29, 1.82) is 0 Å². The lowest BCUT2D eigenvalue weighted by molar-refractivity contribution is 0.451. The van der Waals surface area contributed by atoms with E-state index in [1.807, 2.05) is 0 Å². The molecule has 0 unspecified atom stereocenters. The summed E-state index contributed by atoms with van der Waals surface area (Å²) in [5, 5.41) is 11.4. The molecule has 0 radical (unpaired) electrons. The molecule has 3 nitrogen and oxygen atoms in total. The molecule has 1 aliphatic heterocycles. The van der Waals surface area contributed by atoms with E-state index in [9.17, 15) is 0 Å². The van der Waals surface area contributed by atoms with Gasteiger partial charge >= 0.3 is 0 Å². The lowest BCUT2D eigenvalue weighted by Crippen LogP contribution is -2.27. The molecule has 3 heteroatoms. The van der Waals surface area contributed by atoms with Crippen molar-refractivity contribution >= 4 is 0 Å². The number of piperidine rings is 1. The second kappa shape index (κ2) is 4.81. The van der Waals surface area contributed by atoms with Crippen LogP contribution in [0.2, 0.25) is 0 Å². The Morgan fingerprint density at radius 2 is 1.71 bits per heavy atom. The second-order valence-electron chi connectivity index (χ2n) is 5.65. The summed E-state index contributed by atoms with van der Waals surface area (Å²) in [6.45, 7) is 4.58. The number of H-pyrrole nitrogens is 1. The van der Waals surface area contributed by atoms with Gasteiger partial charge in [-0.1, -0.05) is 12.8 Å². The summed E-state index contributed by atoms with van der Waals surface area (Å²) in [5.74, 6) is 1.45. The molecule has 2 heterocycles. The molecule has 1 saturated heterocycles. The van der Waals surface area contributed by atoms with Crippen molar-refractivity contribution in [2.45, 2.75) is 57.3 Å². The number of hydrogen-bond acceptors (Lipinski definition) is 2. The van der Waals surface area contributed by atoms with E-state index in [1.54, 1.807) is 0 Å². The number of nitrogens with zero attached hydrogens (tertiary/aromatic N) is 1. The molecule has 2 N–H and O–H groups in total. The SMILES string of the molecule is Cc1c(C2CCCC2)n[nH]c1C1CCNCC1. The fourth-order valence-corrected chi connectivity index (χ4v) is 3.53. The third-order valence-corrected chi connectivity index (χ3v) is 4.57. The van der Waals surface area contributed by atoms with Crippen LogP contribution in [-0.4, -0.2) is 23.3 Å². The van der Waals surface area contributed by atoms with E-state index in [1.165, 1.54) is 55.5 Å². The second-order valence-corrected chi connectivity index (χ2v) is 5.65. The van der Waals surface area contributed by atoms with Gasteiger partial charge in [0.05, 0.1) is 5.69 Å². The summed E-state index contributed by atoms with van der Waals surface area (Å²) in [5.41, 5.74) is 4.26. The molecule has 1 aromatic rings. The molecule has 1 aliphatic carbocycles. The van der Waals surface area contributed by atoms with Gasteiger partial charge in [0.2, 0.25) is 0 Å². The molecule has 2 aliphatic rings. The van der Waals surface area contributed by atoms with Crippen molar-refractivity contribution in [3.05, 3.63) is 17.0 Å². The Balaban J connectivity index is 1.80. The van der Waals surface area contributed by atoms with Crippen molar-refractivity contribution in [2.24, 2.45) is 0 Å². The Morgan fingerprint density at radius 1 is 1.00 bits per heavy atom. The van der Waals surface area contributed by atoms with Crippen LogP contribution in [0.1, 0.15) is 67.3 Å². The van der Waals surface area contributed by atoms with Crippen molar-refractivity contribution < 1.29 is 0 Å². The Morgan fingerprint density at radius 3 is 2.41 bits per heavy atom. The fraction of sp³-hybridized carbons (Fsp3) is 0.786. The zero-order chi connectivity index (χ0) is 11.7. The van der Waals surface area contributed by atoms with Crippen LogP contribution in [0.25, 0.3) is 0 Å². The Kier molecular flexibility index (Phi) is 3.19. The maximum atomic E-state index is 4.63. The molecule has 0 amide bonds. The molecule has 94 valence electrons. The van der Waals surface area contributed by atoms with Crippen LogP contribution in [-0.2, 0) is 0 Å². The van der Waals surface area contributed by atoms with Gasteiger partial charge < -0.3 is 5.32 Å². The zero-order valence-electron chi connectivity index (χ0n) is 10.8. The third kappa shape index (κ3) is 2.13. The van der Waals surface area contributed by atoms with E-state index in [4.69, 9.17) is 0 Å². The van der Waals surface area contributed by atoms with E-state index >= 15 is 0 Å². The minimum Gasteiger partial charge on any atom is -0.317 e. The van der Waals surface area contributed by atoms with Crippen molar-refractivity contribution in [3.63, 3.8) is 0 Å². The Labute approximate surface area is 103 Å². The fourth-order valence-electron chi connectivity index (χ4n) is 3.53. The molecule has 3 rings (SSSR count). The minimum absolute atomic E-state index is 0.707. The van der Waals surface area contributed by atoms with Crippen LogP contribution in [0.4, 0.5) is 0 Å². The number of aromatic nitrogens is 2. The topological polar surface area (TPSA) is 40.7 Å². The normalized spacial score (nSPS) is 23.4. The smallest absolute Gasteiger partial charge is 0.0685 e. The summed E-state index contributed by atoms with van der Waals surface area (Å²) >= 11 is 0. The van der Waals surface area contributed by atoms with Crippen molar-refractivity contribution in [2.75, 3.05) is 13.1 Å². The lowest BCUT2D eigenvalue weighted by atomic mass is 9.90. The van der Waals surface area contributed by atoms with E-state index in [2.05, 4.69) is 22.4 Å². The highest BCUT2D eigenvalue weighted by atomic mass is 15.1. The molecule has 17 heavy (non-hydrogen) atoms. The summed E-state index contributed by atoms with van der Waals surface area (Å²) in [4.78, 5) is 0. The van der Waals surface area contributed by atoms with Crippen LogP contribution in [0.3, 0.4) is 0 Å². The third-order valence-electron chi connectivity index (χ3n) is 4.57. The minimum atomic E-state index is 0.707. The number of hydrogen-bond donors (Lipinski definition) is 2. The quantitative estimate of drug-likeness (QED) is 0.824. The molecule has 1 saturated carbocycles. The summed E-state index contributed by atoms with van der Waals surface area (Å²) < 4.78 is 0. The summed E-state index contributed by atoms with van der Waals surface area (Å²) in [6.07, 6.45) is 7.98. The molecule has 0 bridgehead atoms. The highest BCUT2D eigenvalue weighted by Crippen LogP contribution is 2.37. The summed E-state index contributed by atoms with van der Waals surface area (Å²) in [7, 11) is 0. The van der Waals surface area contributed by atoms with Crippen LogP contribution in [0.5, 0.6) is 0 Å². The maximum Gasteiger partial charge on any atom is 0.0685 e. The molecule has 0 atom stereocenters.